The SMILES string of the molecule is O=c1[nH]c2c(Br)c(Cl)c(I)cc2c(=O)o1. The van der Waals surface area contributed by atoms with Gasteiger partial charge >= 0.3 is 11.4 Å². The van der Waals surface area contributed by atoms with Gasteiger partial charge in [0.1, 0.15) is 0 Å². The maximum absolute atomic E-state index is 11.4. The van der Waals surface area contributed by atoms with Crippen LogP contribution in [0.2, 0.25) is 5.02 Å². The molecule has 0 aliphatic heterocycles. The van der Waals surface area contributed by atoms with E-state index in [9.17, 15) is 9.59 Å². The molecule has 0 fully saturated rings. The fourth-order valence-corrected chi connectivity index (χ4v) is 2.77. The Morgan fingerprint density at radius 3 is 2.80 bits per heavy atom. The van der Waals surface area contributed by atoms with Crippen molar-refractivity contribution in [2.24, 2.45) is 0 Å². The normalized spacial score (nSPS) is 10.9. The molecule has 0 spiro atoms. The molecule has 2 rings (SSSR count). The van der Waals surface area contributed by atoms with Gasteiger partial charge in [-0.1, -0.05) is 11.6 Å². The average molecular weight is 402 g/mol. The van der Waals surface area contributed by atoms with Gasteiger partial charge in [-0.3, -0.25) is 4.98 Å². The van der Waals surface area contributed by atoms with Crippen LogP contribution in [0.5, 0.6) is 0 Å². The molecule has 0 aliphatic carbocycles. The van der Waals surface area contributed by atoms with Crippen LogP contribution in [-0.2, 0) is 0 Å². The molecule has 0 bridgehead atoms. The summed E-state index contributed by atoms with van der Waals surface area (Å²) < 4.78 is 5.59. The van der Waals surface area contributed by atoms with Crippen LogP contribution in [-0.4, -0.2) is 4.98 Å². The molecule has 78 valence electrons. The van der Waals surface area contributed by atoms with Crippen molar-refractivity contribution < 1.29 is 4.42 Å². The highest BCUT2D eigenvalue weighted by Gasteiger charge is 2.12. The fourth-order valence-electron chi connectivity index (χ4n) is 1.15. The lowest BCUT2D eigenvalue weighted by molar-refractivity contribution is 0.460. The maximum atomic E-state index is 11.4. The van der Waals surface area contributed by atoms with Gasteiger partial charge in [0.2, 0.25) is 0 Å². The van der Waals surface area contributed by atoms with E-state index in [4.69, 9.17) is 11.6 Å². The van der Waals surface area contributed by atoms with E-state index in [1.807, 2.05) is 22.6 Å². The fraction of sp³-hybridized carbons (Fsp3) is 0. The van der Waals surface area contributed by atoms with Crippen LogP contribution >= 0.6 is 50.1 Å². The van der Waals surface area contributed by atoms with Crippen molar-refractivity contribution >= 4 is 61.0 Å². The molecule has 0 aliphatic rings. The predicted molar refractivity (Wildman–Crippen MR) is 68.5 cm³/mol. The second kappa shape index (κ2) is 3.91. The van der Waals surface area contributed by atoms with Gasteiger partial charge in [-0.15, -0.1) is 0 Å². The van der Waals surface area contributed by atoms with Gasteiger partial charge in [-0.05, 0) is 44.6 Å². The molecule has 0 unspecified atom stereocenters. The van der Waals surface area contributed by atoms with Gasteiger partial charge in [0.25, 0.3) is 0 Å². The van der Waals surface area contributed by atoms with Gasteiger partial charge in [0.05, 0.1) is 20.4 Å². The summed E-state index contributed by atoms with van der Waals surface area (Å²) in [5.41, 5.74) is -0.328. The number of rotatable bonds is 0. The van der Waals surface area contributed by atoms with Crippen LogP contribution in [0.1, 0.15) is 0 Å². The quantitative estimate of drug-likeness (QED) is 0.544. The minimum atomic E-state index is -0.800. The molecule has 1 N–H and O–H groups in total. The first-order chi connectivity index (χ1) is 7.00. The zero-order chi connectivity index (χ0) is 11.2. The Hall–Kier alpha value is -0.340. The van der Waals surface area contributed by atoms with E-state index in [1.165, 1.54) is 0 Å². The minimum absolute atomic E-state index is 0.287. The van der Waals surface area contributed by atoms with Crippen molar-refractivity contribution in [3.8, 4) is 0 Å². The highest BCUT2D eigenvalue weighted by molar-refractivity contribution is 14.1. The molecule has 15 heavy (non-hydrogen) atoms. The Bertz CT molecular complexity index is 663. The van der Waals surface area contributed by atoms with Crippen molar-refractivity contribution in [1.82, 2.24) is 4.98 Å². The van der Waals surface area contributed by atoms with Crippen molar-refractivity contribution in [3.05, 3.63) is 40.1 Å². The Balaban J connectivity index is 3.12. The average Bonchev–Trinajstić information content (AvgIpc) is 2.17. The van der Waals surface area contributed by atoms with Crippen molar-refractivity contribution in [2.75, 3.05) is 0 Å². The number of aromatic amines is 1. The van der Waals surface area contributed by atoms with Crippen LogP contribution < -0.4 is 11.4 Å². The Morgan fingerprint density at radius 1 is 1.47 bits per heavy atom. The van der Waals surface area contributed by atoms with E-state index in [0.717, 1.165) is 0 Å². The Labute approximate surface area is 110 Å². The number of halogens is 3. The summed E-state index contributed by atoms with van der Waals surface area (Å²) in [6, 6.07) is 1.56. The van der Waals surface area contributed by atoms with E-state index < -0.39 is 11.4 Å². The first kappa shape index (κ1) is 11.2. The molecule has 2 aromatic rings. The van der Waals surface area contributed by atoms with Crippen LogP contribution in [0, 0.1) is 3.57 Å². The number of H-pyrrole nitrogens is 1. The van der Waals surface area contributed by atoms with Gasteiger partial charge in [-0.25, -0.2) is 9.59 Å². The number of benzene rings is 1. The summed E-state index contributed by atoms with van der Waals surface area (Å²) in [6.45, 7) is 0. The molecule has 7 heteroatoms. The molecule has 1 heterocycles. The lowest BCUT2D eigenvalue weighted by Gasteiger charge is -2.02. The highest BCUT2D eigenvalue weighted by Crippen LogP contribution is 2.32. The number of hydrogen-bond donors (Lipinski definition) is 1. The zero-order valence-corrected chi connectivity index (χ0v) is 11.4. The number of aromatic nitrogens is 1. The first-order valence-electron chi connectivity index (χ1n) is 3.71. The van der Waals surface area contributed by atoms with Crippen LogP contribution in [0.25, 0.3) is 10.9 Å². The third kappa shape index (κ3) is 1.85. The molecule has 1 aromatic carbocycles. The lowest BCUT2D eigenvalue weighted by Crippen LogP contribution is -2.15. The van der Waals surface area contributed by atoms with Crippen LogP contribution in [0.15, 0.2) is 24.5 Å². The highest BCUT2D eigenvalue weighted by atomic mass is 127. The number of hydrogen-bond acceptors (Lipinski definition) is 3. The summed E-state index contributed by atoms with van der Waals surface area (Å²) in [5, 5.41) is 0.736. The topological polar surface area (TPSA) is 63.1 Å². The molecular weight excluding hydrogens is 400 g/mol. The maximum Gasteiger partial charge on any atom is 0.419 e. The summed E-state index contributed by atoms with van der Waals surface area (Å²) >= 11 is 11.2. The van der Waals surface area contributed by atoms with E-state index in [1.54, 1.807) is 6.07 Å². The van der Waals surface area contributed by atoms with E-state index in [0.29, 0.717) is 18.6 Å². The third-order valence-electron chi connectivity index (χ3n) is 1.79. The molecule has 1 aromatic heterocycles. The van der Waals surface area contributed by atoms with Crippen molar-refractivity contribution in [2.45, 2.75) is 0 Å². The molecule has 0 saturated carbocycles. The van der Waals surface area contributed by atoms with Crippen molar-refractivity contribution in [1.29, 1.82) is 0 Å². The number of nitrogens with one attached hydrogen (secondary N) is 1. The van der Waals surface area contributed by atoms with Gasteiger partial charge in [0.15, 0.2) is 0 Å². The third-order valence-corrected chi connectivity index (χ3v) is 4.38. The van der Waals surface area contributed by atoms with Crippen LogP contribution in [0.3, 0.4) is 0 Å². The molecule has 4 nitrogen and oxygen atoms in total. The summed E-state index contributed by atoms with van der Waals surface area (Å²) in [6.07, 6.45) is 0. The van der Waals surface area contributed by atoms with E-state index in [2.05, 4.69) is 25.3 Å². The zero-order valence-electron chi connectivity index (χ0n) is 6.94. The monoisotopic (exact) mass is 401 g/mol. The second-order valence-corrected chi connectivity index (χ2v) is 5.04. The van der Waals surface area contributed by atoms with E-state index in [-0.39, 0.29) is 5.39 Å². The molecule has 0 saturated heterocycles. The molecular formula is C8H2BrClINO3. The summed E-state index contributed by atoms with van der Waals surface area (Å²) in [5.74, 6) is -0.800. The predicted octanol–water partition coefficient (Wildman–Crippen LogP) is 2.50. The Kier molecular flexibility index (Phi) is 2.91. The molecule has 0 radical (unpaired) electrons. The Morgan fingerprint density at radius 2 is 2.13 bits per heavy atom. The standard InChI is InChI=1S/C8H2BrClINO3/c9-4-5(10)3(11)1-2-6(4)12-8(14)15-7(2)13/h1H,(H,12,14). The largest absolute Gasteiger partial charge is 0.419 e. The van der Waals surface area contributed by atoms with Gasteiger partial charge in [-0.2, -0.15) is 0 Å². The first-order valence-corrected chi connectivity index (χ1v) is 5.96. The minimum Gasteiger partial charge on any atom is -0.372 e. The molecule has 0 atom stereocenters. The van der Waals surface area contributed by atoms with Crippen molar-refractivity contribution in [3.63, 3.8) is 0 Å². The summed E-state index contributed by atoms with van der Waals surface area (Å²) in [4.78, 5) is 24.7. The van der Waals surface area contributed by atoms with Crippen LogP contribution in [0.4, 0.5) is 0 Å². The molecule has 0 amide bonds. The van der Waals surface area contributed by atoms with Gasteiger partial charge in [0, 0.05) is 3.57 Å². The summed E-state index contributed by atoms with van der Waals surface area (Å²) in [7, 11) is 0. The number of fused-ring (bicyclic) bond motifs is 1. The van der Waals surface area contributed by atoms with Gasteiger partial charge < -0.3 is 4.42 Å². The lowest BCUT2D eigenvalue weighted by atomic mass is 10.2. The second-order valence-electron chi connectivity index (χ2n) is 2.71. The van der Waals surface area contributed by atoms with E-state index >= 15 is 0 Å². The smallest absolute Gasteiger partial charge is 0.372 e.